The average Bonchev–Trinajstić information content (AvgIpc) is 2.36. The second-order valence-corrected chi connectivity index (χ2v) is 4.78. The molecule has 1 rings (SSSR count). The first kappa shape index (κ1) is 15.6. The van der Waals surface area contributed by atoms with Gasteiger partial charge in [-0.1, -0.05) is 30.4 Å². The van der Waals surface area contributed by atoms with Gasteiger partial charge in [0, 0.05) is 12.0 Å². The molecule has 19 heavy (non-hydrogen) atoms. The largest absolute Gasteiger partial charge is 0.465 e. The normalized spacial score (nSPS) is 11.7. The number of ether oxygens (including phenoxy) is 1. The molecule has 6 heteroatoms. The summed E-state index contributed by atoms with van der Waals surface area (Å²) < 4.78 is 4.71. The molecule has 0 aliphatic rings. The van der Waals surface area contributed by atoms with Crippen LogP contribution >= 0.6 is 23.8 Å². The lowest BCUT2D eigenvalue weighted by Gasteiger charge is -2.09. The van der Waals surface area contributed by atoms with Gasteiger partial charge in [0.2, 0.25) is 0 Å². The molecule has 0 saturated carbocycles. The lowest BCUT2D eigenvalue weighted by atomic mass is 10.0. The van der Waals surface area contributed by atoms with Gasteiger partial charge < -0.3 is 10.5 Å². The monoisotopic (exact) mass is 299 g/mol. The van der Waals surface area contributed by atoms with Crippen LogP contribution in [0, 0.1) is 0 Å². The van der Waals surface area contributed by atoms with Crippen LogP contribution in [0.1, 0.15) is 22.8 Å². The molecule has 0 fully saturated rings. The minimum Gasteiger partial charge on any atom is -0.465 e. The molecule has 0 heterocycles. The zero-order chi connectivity index (χ0) is 14.4. The van der Waals surface area contributed by atoms with Gasteiger partial charge in [0.15, 0.2) is 11.2 Å². The number of thiocarbonyl (C=S) groups is 1. The second-order valence-electron chi connectivity index (χ2n) is 3.82. The number of halogens is 1. The fourth-order valence-electron chi connectivity index (χ4n) is 1.50. The Hall–Kier alpha value is -1.46. The van der Waals surface area contributed by atoms with Gasteiger partial charge in [-0.3, -0.25) is 4.79 Å². The SMILES string of the molecule is CCOC(=O)C(Cl)C(=O)c1cccc(CC(N)=S)c1. The number of hydrogen-bond acceptors (Lipinski definition) is 4. The Balaban J connectivity index is 2.87. The molecule has 1 aromatic rings. The summed E-state index contributed by atoms with van der Waals surface area (Å²) >= 11 is 10.6. The van der Waals surface area contributed by atoms with E-state index in [1.54, 1.807) is 31.2 Å². The molecule has 0 amide bonds. The number of nitrogens with two attached hydrogens (primary N) is 1. The third-order valence-electron chi connectivity index (χ3n) is 2.31. The molecular weight excluding hydrogens is 286 g/mol. The van der Waals surface area contributed by atoms with Crippen molar-refractivity contribution in [1.29, 1.82) is 0 Å². The maximum atomic E-state index is 12.0. The Morgan fingerprint density at radius 2 is 2.16 bits per heavy atom. The van der Waals surface area contributed by atoms with Crippen LogP contribution in [0.4, 0.5) is 0 Å². The van der Waals surface area contributed by atoms with Crippen LogP contribution in [0.5, 0.6) is 0 Å². The molecule has 2 N–H and O–H groups in total. The number of Topliss-reactive ketones (excluding diaryl/α,β-unsaturated/α-hetero) is 1. The molecule has 0 spiro atoms. The third kappa shape index (κ3) is 4.61. The van der Waals surface area contributed by atoms with Gasteiger partial charge in [-0.15, -0.1) is 11.6 Å². The van der Waals surface area contributed by atoms with Crippen molar-refractivity contribution < 1.29 is 14.3 Å². The van der Waals surface area contributed by atoms with Crippen molar-refractivity contribution in [3.8, 4) is 0 Å². The minimum absolute atomic E-state index is 0.177. The van der Waals surface area contributed by atoms with E-state index in [4.69, 9.17) is 34.3 Å². The molecule has 0 radical (unpaired) electrons. The predicted octanol–water partition coefficient (Wildman–Crippen LogP) is 1.87. The molecule has 1 unspecified atom stereocenters. The van der Waals surface area contributed by atoms with E-state index in [1.807, 2.05) is 0 Å². The van der Waals surface area contributed by atoms with E-state index in [0.29, 0.717) is 17.0 Å². The topological polar surface area (TPSA) is 69.4 Å². The van der Waals surface area contributed by atoms with E-state index in [-0.39, 0.29) is 6.61 Å². The Morgan fingerprint density at radius 1 is 1.47 bits per heavy atom. The van der Waals surface area contributed by atoms with E-state index >= 15 is 0 Å². The fraction of sp³-hybridized carbons (Fsp3) is 0.308. The van der Waals surface area contributed by atoms with Crippen molar-refractivity contribution in [2.45, 2.75) is 18.7 Å². The lowest BCUT2D eigenvalue weighted by molar-refractivity contribution is -0.141. The number of benzene rings is 1. The van der Waals surface area contributed by atoms with Gasteiger partial charge >= 0.3 is 5.97 Å². The molecule has 0 aliphatic heterocycles. The molecule has 0 bridgehead atoms. The highest BCUT2D eigenvalue weighted by Crippen LogP contribution is 2.13. The molecule has 0 aliphatic carbocycles. The molecule has 102 valence electrons. The van der Waals surface area contributed by atoms with Gasteiger partial charge in [0.05, 0.1) is 11.6 Å². The first-order valence-electron chi connectivity index (χ1n) is 5.67. The van der Waals surface area contributed by atoms with E-state index in [1.165, 1.54) is 0 Å². The van der Waals surface area contributed by atoms with Gasteiger partial charge in [0.1, 0.15) is 0 Å². The number of hydrogen-bond donors (Lipinski definition) is 1. The summed E-state index contributed by atoms with van der Waals surface area (Å²) in [6, 6.07) is 6.69. The van der Waals surface area contributed by atoms with Crippen molar-refractivity contribution >= 4 is 40.6 Å². The Bertz CT molecular complexity index is 504. The summed E-state index contributed by atoms with van der Waals surface area (Å²) in [5.74, 6) is -1.24. The van der Waals surface area contributed by atoms with Gasteiger partial charge in [0.25, 0.3) is 0 Å². The third-order valence-corrected chi connectivity index (χ3v) is 2.83. The zero-order valence-electron chi connectivity index (χ0n) is 10.4. The van der Waals surface area contributed by atoms with Crippen LogP contribution < -0.4 is 5.73 Å². The smallest absolute Gasteiger partial charge is 0.332 e. The number of ketones is 1. The number of carbonyl (C=O) groups excluding carboxylic acids is 2. The van der Waals surface area contributed by atoms with Crippen LogP contribution in [0.2, 0.25) is 0 Å². The predicted molar refractivity (Wildman–Crippen MR) is 77.5 cm³/mol. The van der Waals surface area contributed by atoms with E-state index in [2.05, 4.69) is 0 Å². The summed E-state index contributed by atoms with van der Waals surface area (Å²) in [7, 11) is 0. The van der Waals surface area contributed by atoms with Gasteiger partial charge in [-0.05, 0) is 18.6 Å². The lowest BCUT2D eigenvalue weighted by Crippen LogP contribution is -2.27. The van der Waals surface area contributed by atoms with Crippen LogP contribution in [0.25, 0.3) is 0 Å². The van der Waals surface area contributed by atoms with Crippen molar-refractivity contribution in [1.82, 2.24) is 0 Å². The van der Waals surface area contributed by atoms with Crippen LogP contribution in [-0.4, -0.2) is 28.7 Å². The van der Waals surface area contributed by atoms with Gasteiger partial charge in [-0.2, -0.15) is 0 Å². The van der Waals surface area contributed by atoms with E-state index in [0.717, 1.165) is 5.56 Å². The van der Waals surface area contributed by atoms with Crippen molar-refractivity contribution in [2.75, 3.05) is 6.61 Å². The summed E-state index contributed by atoms with van der Waals surface area (Å²) in [4.78, 5) is 23.7. The van der Waals surface area contributed by atoms with Crippen LogP contribution in [0.3, 0.4) is 0 Å². The first-order chi connectivity index (χ1) is 8.95. The Morgan fingerprint density at radius 3 is 2.74 bits per heavy atom. The molecular formula is C13H14ClNO3S. The second kappa shape index (κ2) is 7.21. The highest BCUT2D eigenvalue weighted by molar-refractivity contribution is 7.80. The summed E-state index contributed by atoms with van der Waals surface area (Å²) in [6.07, 6.45) is 0.392. The average molecular weight is 300 g/mol. The maximum Gasteiger partial charge on any atom is 0.332 e. The molecule has 0 saturated heterocycles. The van der Waals surface area contributed by atoms with Gasteiger partial charge in [-0.25, -0.2) is 4.79 Å². The summed E-state index contributed by atoms with van der Waals surface area (Å²) in [6.45, 7) is 1.83. The van der Waals surface area contributed by atoms with Crippen molar-refractivity contribution in [3.05, 3.63) is 35.4 Å². The summed E-state index contributed by atoms with van der Waals surface area (Å²) in [5.41, 5.74) is 6.58. The zero-order valence-corrected chi connectivity index (χ0v) is 12.0. The quantitative estimate of drug-likeness (QED) is 0.285. The highest BCUT2D eigenvalue weighted by atomic mass is 35.5. The number of rotatable bonds is 6. The maximum absolute atomic E-state index is 12.0. The standard InChI is InChI=1S/C13H14ClNO3S/c1-2-18-13(17)11(14)12(16)9-5-3-4-8(6-9)7-10(15)19/h3-6,11H,2,7H2,1H3,(H2,15,19). The van der Waals surface area contributed by atoms with Crippen LogP contribution in [-0.2, 0) is 16.0 Å². The van der Waals surface area contributed by atoms with Crippen molar-refractivity contribution in [2.24, 2.45) is 5.73 Å². The molecule has 0 aromatic heterocycles. The number of alkyl halides is 1. The van der Waals surface area contributed by atoms with E-state index in [9.17, 15) is 9.59 Å². The molecule has 1 atom stereocenters. The summed E-state index contributed by atoms with van der Waals surface area (Å²) in [5, 5.41) is -1.33. The number of esters is 1. The Labute approximate surface area is 121 Å². The molecule has 1 aromatic carbocycles. The highest BCUT2D eigenvalue weighted by Gasteiger charge is 2.26. The first-order valence-corrected chi connectivity index (χ1v) is 6.52. The number of carbonyl (C=O) groups is 2. The van der Waals surface area contributed by atoms with E-state index < -0.39 is 17.1 Å². The Kier molecular flexibility index (Phi) is 5.92. The minimum atomic E-state index is -1.33. The van der Waals surface area contributed by atoms with Crippen molar-refractivity contribution in [3.63, 3.8) is 0 Å². The fourth-order valence-corrected chi connectivity index (χ4v) is 1.86. The molecule has 4 nitrogen and oxygen atoms in total. The van der Waals surface area contributed by atoms with Crippen LogP contribution in [0.15, 0.2) is 24.3 Å².